The predicted molar refractivity (Wildman–Crippen MR) is 86.8 cm³/mol. The lowest BCUT2D eigenvalue weighted by atomic mass is 10.1. The predicted octanol–water partition coefficient (Wildman–Crippen LogP) is 2.96. The number of rotatable bonds is 5. The maximum atomic E-state index is 5.39. The minimum absolute atomic E-state index is 0.0820. The summed E-state index contributed by atoms with van der Waals surface area (Å²) in [5, 5.41) is 11.9. The molecular weight excluding hydrogens is 278 g/mol. The standard InChI is InChI=1S/C16H27N5O/c1-10(2)13-9-12(19-21(13)16(4,5)6)15-18-14(20-22-15)8-11(3)17-7/h9-11,17H,8H2,1-7H3. The Morgan fingerprint density at radius 1 is 1.27 bits per heavy atom. The molecule has 2 heterocycles. The first kappa shape index (κ1) is 16.7. The third-order valence-corrected chi connectivity index (χ3v) is 3.63. The second-order valence-corrected chi connectivity index (χ2v) is 7.10. The Kier molecular flexibility index (Phi) is 4.70. The van der Waals surface area contributed by atoms with Gasteiger partial charge in [-0.1, -0.05) is 19.0 Å². The van der Waals surface area contributed by atoms with Gasteiger partial charge in [-0.25, -0.2) is 0 Å². The number of hydrogen-bond donors (Lipinski definition) is 1. The minimum Gasteiger partial charge on any atom is -0.332 e. The number of hydrogen-bond acceptors (Lipinski definition) is 5. The zero-order chi connectivity index (χ0) is 16.5. The van der Waals surface area contributed by atoms with Crippen molar-refractivity contribution in [1.82, 2.24) is 25.2 Å². The molecule has 0 spiro atoms. The van der Waals surface area contributed by atoms with Gasteiger partial charge in [-0.2, -0.15) is 10.1 Å². The molecule has 1 N–H and O–H groups in total. The van der Waals surface area contributed by atoms with E-state index in [4.69, 9.17) is 9.62 Å². The van der Waals surface area contributed by atoms with Crippen LogP contribution in [0.15, 0.2) is 10.6 Å². The molecule has 1 atom stereocenters. The van der Waals surface area contributed by atoms with E-state index in [9.17, 15) is 0 Å². The van der Waals surface area contributed by atoms with Crippen molar-refractivity contribution in [3.63, 3.8) is 0 Å². The van der Waals surface area contributed by atoms with E-state index >= 15 is 0 Å². The Hall–Kier alpha value is -1.69. The van der Waals surface area contributed by atoms with E-state index in [-0.39, 0.29) is 5.54 Å². The van der Waals surface area contributed by atoms with E-state index in [0.29, 0.717) is 23.7 Å². The summed E-state index contributed by atoms with van der Waals surface area (Å²) < 4.78 is 7.44. The van der Waals surface area contributed by atoms with Crippen LogP contribution in [0.3, 0.4) is 0 Å². The largest absolute Gasteiger partial charge is 0.332 e. The summed E-state index contributed by atoms with van der Waals surface area (Å²) in [5.41, 5.74) is 1.83. The van der Waals surface area contributed by atoms with Gasteiger partial charge in [0.15, 0.2) is 11.5 Å². The summed E-state index contributed by atoms with van der Waals surface area (Å²) in [6, 6.07) is 2.36. The smallest absolute Gasteiger partial charge is 0.278 e. The molecule has 6 heteroatoms. The van der Waals surface area contributed by atoms with Crippen LogP contribution < -0.4 is 5.32 Å². The highest BCUT2D eigenvalue weighted by atomic mass is 16.5. The van der Waals surface area contributed by atoms with Gasteiger partial charge in [0.05, 0.1) is 5.54 Å². The Morgan fingerprint density at radius 3 is 2.45 bits per heavy atom. The average Bonchev–Trinajstić information content (AvgIpc) is 3.03. The van der Waals surface area contributed by atoms with Gasteiger partial charge in [-0.05, 0) is 46.7 Å². The molecule has 122 valence electrons. The number of likely N-dealkylation sites (N-methyl/N-ethyl adjacent to an activating group) is 1. The molecule has 0 amide bonds. The second kappa shape index (κ2) is 6.20. The molecular formula is C16H27N5O. The van der Waals surface area contributed by atoms with Crippen molar-refractivity contribution >= 4 is 0 Å². The van der Waals surface area contributed by atoms with Gasteiger partial charge < -0.3 is 9.84 Å². The molecule has 0 saturated heterocycles. The molecule has 0 aromatic carbocycles. The van der Waals surface area contributed by atoms with Crippen molar-refractivity contribution in [1.29, 1.82) is 0 Å². The highest BCUT2D eigenvalue weighted by Crippen LogP contribution is 2.27. The van der Waals surface area contributed by atoms with Crippen LogP contribution in [-0.2, 0) is 12.0 Å². The first-order valence-electron chi connectivity index (χ1n) is 7.83. The number of aromatic nitrogens is 4. The van der Waals surface area contributed by atoms with E-state index in [1.54, 1.807) is 0 Å². The molecule has 0 aliphatic rings. The summed E-state index contributed by atoms with van der Waals surface area (Å²) in [4.78, 5) is 4.47. The summed E-state index contributed by atoms with van der Waals surface area (Å²) >= 11 is 0. The first-order chi connectivity index (χ1) is 10.2. The second-order valence-electron chi connectivity index (χ2n) is 7.10. The quantitative estimate of drug-likeness (QED) is 0.919. The molecule has 1 unspecified atom stereocenters. The fourth-order valence-electron chi connectivity index (χ4n) is 2.27. The van der Waals surface area contributed by atoms with Gasteiger partial charge in [0.25, 0.3) is 5.89 Å². The fourth-order valence-corrected chi connectivity index (χ4v) is 2.27. The van der Waals surface area contributed by atoms with Crippen LogP contribution in [0.2, 0.25) is 0 Å². The lowest BCUT2D eigenvalue weighted by Crippen LogP contribution is -2.25. The number of nitrogens with one attached hydrogen (secondary N) is 1. The molecule has 0 aliphatic heterocycles. The Balaban J connectivity index is 2.33. The van der Waals surface area contributed by atoms with Crippen LogP contribution in [0.25, 0.3) is 11.6 Å². The monoisotopic (exact) mass is 305 g/mol. The van der Waals surface area contributed by atoms with E-state index in [1.165, 1.54) is 5.69 Å². The normalized spacial score (nSPS) is 13.8. The Bertz CT molecular complexity index is 621. The van der Waals surface area contributed by atoms with Crippen LogP contribution >= 0.6 is 0 Å². The van der Waals surface area contributed by atoms with Crippen molar-refractivity contribution in [2.45, 2.75) is 65.5 Å². The fraction of sp³-hybridized carbons (Fsp3) is 0.688. The average molecular weight is 305 g/mol. The Labute approximate surface area is 132 Å². The minimum atomic E-state index is -0.0820. The van der Waals surface area contributed by atoms with Crippen molar-refractivity contribution < 1.29 is 4.52 Å². The van der Waals surface area contributed by atoms with Gasteiger partial charge in [-0.15, -0.1) is 0 Å². The molecule has 0 radical (unpaired) electrons. The maximum absolute atomic E-state index is 5.39. The van der Waals surface area contributed by atoms with Crippen molar-refractivity contribution in [2.75, 3.05) is 7.05 Å². The van der Waals surface area contributed by atoms with Crippen molar-refractivity contribution in [3.8, 4) is 11.6 Å². The van der Waals surface area contributed by atoms with E-state index < -0.39 is 0 Å². The summed E-state index contributed by atoms with van der Waals surface area (Å²) in [6.07, 6.45) is 0.733. The summed E-state index contributed by atoms with van der Waals surface area (Å²) in [5.74, 6) is 1.57. The van der Waals surface area contributed by atoms with E-state index in [1.807, 2.05) is 11.7 Å². The molecule has 0 bridgehead atoms. The lowest BCUT2D eigenvalue weighted by Gasteiger charge is -2.23. The molecule has 2 rings (SSSR count). The molecule has 22 heavy (non-hydrogen) atoms. The van der Waals surface area contributed by atoms with Gasteiger partial charge in [-0.3, -0.25) is 4.68 Å². The van der Waals surface area contributed by atoms with Gasteiger partial charge in [0.1, 0.15) is 0 Å². The zero-order valence-corrected chi connectivity index (χ0v) is 14.6. The molecule has 2 aromatic heterocycles. The topological polar surface area (TPSA) is 68.8 Å². The first-order valence-corrected chi connectivity index (χ1v) is 7.83. The molecule has 2 aromatic rings. The maximum Gasteiger partial charge on any atom is 0.278 e. The van der Waals surface area contributed by atoms with Gasteiger partial charge in [0.2, 0.25) is 0 Å². The zero-order valence-electron chi connectivity index (χ0n) is 14.6. The van der Waals surface area contributed by atoms with Crippen LogP contribution in [0.4, 0.5) is 0 Å². The third-order valence-electron chi connectivity index (χ3n) is 3.63. The van der Waals surface area contributed by atoms with Crippen LogP contribution in [0, 0.1) is 0 Å². The molecule has 0 saturated carbocycles. The van der Waals surface area contributed by atoms with Crippen molar-refractivity contribution in [2.24, 2.45) is 0 Å². The summed E-state index contributed by atoms with van der Waals surface area (Å²) in [7, 11) is 1.92. The molecule has 6 nitrogen and oxygen atoms in total. The van der Waals surface area contributed by atoms with E-state index in [0.717, 1.165) is 12.1 Å². The SMILES string of the molecule is CNC(C)Cc1noc(-c2cc(C(C)C)n(C(C)(C)C)n2)n1. The molecule has 0 aliphatic carbocycles. The van der Waals surface area contributed by atoms with Gasteiger partial charge in [0, 0.05) is 18.2 Å². The molecule has 0 fully saturated rings. The lowest BCUT2D eigenvalue weighted by molar-refractivity contribution is 0.338. The van der Waals surface area contributed by atoms with Crippen LogP contribution in [-0.4, -0.2) is 33.0 Å². The van der Waals surface area contributed by atoms with Crippen LogP contribution in [0.1, 0.15) is 59.0 Å². The van der Waals surface area contributed by atoms with Crippen molar-refractivity contribution in [3.05, 3.63) is 17.6 Å². The highest BCUT2D eigenvalue weighted by Gasteiger charge is 2.23. The summed E-state index contributed by atoms with van der Waals surface area (Å²) in [6.45, 7) is 12.8. The van der Waals surface area contributed by atoms with Gasteiger partial charge >= 0.3 is 0 Å². The Morgan fingerprint density at radius 2 is 1.95 bits per heavy atom. The third kappa shape index (κ3) is 3.55. The number of nitrogens with zero attached hydrogens (tertiary/aromatic N) is 4. The highest BCUT2D eigenvalue weighted by molar-refractivity contribution is 5.47. The van der Waals surface area contributed by atoms with Crippen LogP contribution in [0.5, 0.6) is 0 Å². The van der Waals surface area contributed by atoms with E-state index in [2.05, 4.69) is 63.1 Å².